The number of methoxy groups -OCH3 is 1. The van der Waals surface area contributed by atoms with Crippen molar-refractivity contribution in [3.63, 3.8) is 0 Å². The molecule has 2 unspecified atom stereocenters. The number of benzene rings is 1. The first-order valence-electron chi connectivity index (χ1n) is 6.63. The van der Waals surface area contributed by atoms with Crippen LogP contribution in [0.5, 0.6) is 0 Å². The minimum absolute atomic E-state index is 0.0204. The molecule has 0 aliphatic heterocycles. The number of halogens is 1. The van der Waals surface area contributed by atoms with Gasteiger partial charge in [0.25, 0.3) is 0 Å². The molecule has 0 spiro atoms. The van der Waals surface area contributed by atoms with Crippen molar-refractivity contribution in [2.75, 3.05) is 13.7 Å². The van der Waals surface area contributed by atoms with E-state index in [4.69, 9.17) is 9.47 Å². The second kappa shape index (κ2) is 7.17. The fourth-order valence-corrected chi connectivity index (χ4v) is 2.93. The molecule has 1 aliphatic rings. The van der Waals surface area contributed by atoms with Crippen molar-refractivity contribution in [1.29, 1.82) is 0 Å². The summed E-state index contributed by atoms with van der Waals surface area (Å²) in [5, 5.41) is 0. The topological polar surface area (TPSA) is 35.5 Å². The highest BCUT2D eigenvalue weighted by molar-refractivity contribution is 9.10. The lowest BCUT2D eigenvalue weighted by Crippen LogP contribution is -2.29. The molecule has 1 aliphatic carbocycles. The second-order valence-corrected chi connectivity index (χ2v) is 5.71. The lowest BCUT2D eigenvalue weighted by Gasteiger charge is -2.28. The van der Waals surface area contributed by atoms with E-state index in [1.807, 2.05) is 24.3 Å². The van der Waals surface area contributed by atoms with E-state index >= 15 is 0 Å². The first-order valence-corrected chi connectivity index (χ1v) is 7.42. The molecule has 0 aromatic heterocycles. The summed E-state index contributed by atoms with van der Waals surface area (Å²) in [6.07, 6.45) is 4.52. The van der Waals surface area contributed by atoms with Crippen LogP contribution in [0, 0.1) is 0 Å². The molecule has 0 heterocycles. The van der Waals surface area contributed by atoms with Crippen LogP contribution >= 0.6 is 15.9 Å². The summed E-state index contributed by atoms with van der Waals surface area (Å²) in [5.41, 5.74) is 0.682. The normalized spacial score (nSPS) is 23.3. The number of hydrogen-bond acceptors (Lipinski definition) is 3. The third-order valence-corrected chi connectivity index (χ3v) is 4.23. The van der Waals surface area contributed by atoms with Gasteiger partial charge in [0.05, 0.1) is 12.2 Å². The van der Waals surface area contributed by atoms with E-state index in [0.717, 1.165) is 30.2 Å². The molecule has 1 aromatic rings. The Morgan fingerprint density at radius 1 is 1.32 bits per heavy atom. The van der Waals surface area contributed by atoms with Gasteiger partial charge in [-0.15, -0.1) is 0 Å². The molecule has 2 atom stereocenters. The molecule has 104 valence electrons. The molecule has 2 rings (SSSR count). The summed E-state index contributed by atoms with van der Waals surface area (Å²) >= 11 is 3.39. The van der Waals surface area contributed by atoms with Gasteiger partial charge >= 0.3 is 0 Å². The Labute approximate surface area is 122 Å². The van der Waals surface area contributed by atoms with Crippen LogP contribution < -0.4 is 0 Å². The standard InChI is InChI=1S/C15H19BrO3/c1-18-11-5-4-6-12(9-11)19-10-15(17)13-7-2-3-8-14(13)16/h2-3,7-8,11-12H,4-6,9-10H2,1H3. The van der Waals surface area contributed by atoms with Crippen molar-refractivity contribution in [1.82, 2.24) is 0 Å². The van der Waals surface area contributed by atoms with Gasteiger partial charge in [0.1, 0.15) is 6.61 Å². The molecule has 4 heteroatoms. The zero-order chi connectivity index (χ0) is 13.7. The minimum atomic E-state index is 0.0204. The maximum atomic E-state index is 12.1. The van der Waals surface area contributed by atoms with Gasteiger partial charge < -0.3 is 9.47 Å². The first-order chi connectivity index (χ1) is 9.20. The molecule has 3 nitrogen and oxygen atoms in total. The Bertz CT molecular complexity index is 433. The van der Waals surface area contributed by atoms with Gasteiger partial charge in [-0.3, -0.25) is 4.79 Å². The number of ketones is 1. The summed E-state index contributed by atoms with van der Waals surface area (Å²) in [6.45, 7) is 0.143. The fourth-order valence-electron chi connectivity index (χ4n) is 2.43. The smallest absolute Gasteiger partial charge is 0.189 e. The molecule has 1 aromatic carbocycles. The Kier molecular flexibility index (Phi) is 5.55. The fraction of sp³-hybridized carbons (Fsp3) is 0.533. The molecule has 0 radical (unpaired) electrons. The molecule has 19 heavy (non-hydrogen) atoms. The molecule has 1 saturated carbocycles. The largest absolute Gasteiger partial charge is 0.381 e. The molecule has 0 saturated heterocycles. The number of carbonyl (C=O) groups excluding carboxylic acids is 1. The van der Waals surface area contributed by atoms with Gasteiger partial charge in [-0.1, -0.05) is 34.1 Å². The lowest BCUT2D eigenvalue weighted by molar-refractivity contribution is -0.0243. The van der Waals surface area contributed by atoms with Crippen molar-refractivity contribution in [2.24, 2.45) is 0 Å². The first kappa shape index (κ1) is 14.7. The van der Waals surface area contributed by atoms with E-state index in [2.05, 4.69) is 15.9 Å². The van der Waals surface area contributed by atoms with Gasteiger partial charge in [0, 0.05) is 17.1 Å². The third kappa shape index (κ3) is 4.13. The summed E-state index contributed by atoms with van der Waals surface area (Å²) in [5.74, 6) is 0.0204. The Morgan fingerprint density at radius 2 is 2.05 bits per heavy atom. The maximum absolute atomic E-state index is 12.1. The van der Waals surface area contributed by atoms with E-state index in [9.17, 15) is 4.79 Å². The molecular weight excluding hydrogens is 308 g/mol. The SMILES string of the molecule is COC1CCCC(OCC(=O)c2ccccc2Br)C1. The predicted octanol–water partition coefficient (Wildman–Crippen LogP) is 3.61. The summed E-state index contributed by atoms with van der Waals surface area (Å²) < 4.78 is 11.9. The van der Waals surface area contributed by atoms with Crippen molar-refractivity contribution < 1.29 is 14.3 Å². The maximum Gasteiger partial charge on any atom is 0.189 e. The Hall–Kier alpha value is -0.710. The van der Waals surface area contributed by atoms with E-state index in [1.165, 1.54) is 0 Å². The number of ether oxygens (including phenoxy) is 2. The van der Waals surface area contributed by atoms with E-state index in [1.54, 1.807) is 7.11 Å². The van der Waals surface area contributed by atoms with Crippen molar-refractivity contribution in [2.45, 2.75) is 37.9 Å². The average molecular weight is 327 g/mol. The zero-order valence-corrected chi connectivity index (χ0v) is 12.7. The van der Waals surface area contributed by atoms with Crippen molar-refractivity contribution in [3.05, 3.63) is 34.3 Å². The van der Waals surface area contributed by atoms with E-state index in [0.29, 0.717) is 5.56 Å². The van der Waals surface area contributed by atoms with Gasteiger partial charge in [-0.05, 0) is 31.7 Å². The van der Waals surface area contributed by atoms with Crippen LogP contribution in [-0.4, -0.2) is 31.7 Å². The second-order valence-electron chi connectivity index (χ2n) is 4.86. The zero-order valence-electron chi connectivity index (χ0n) is 11.1. The van der Waals surface area contributed by atoms with Crippen LogP contribution in [0.1, 0.15) is 36.0 Å². The van der Waals surface area contributed by atoms with Gasteiger partial charge in [-0.2, -0.15) is 0 Å². The lowest BCUT2D eigenvalue weighted by atomic mass is 9.95. The monoisotopic (exact) mass is 326 g/mol. The van der Waals surface area contributed by atoms with Gasteiger partial charge in [0.2, 0.25) is 0 Å². The highest BCUT2D eigenvalue weighted by Gasteiger charge is 2.23. The Morgan fingerprint density at radius 3 is 2.79 bits per heavy atom. The summed E-state index contributed by atoms with van der Waals surface area (Å²) in [4.78, 5) is 12.1. The van der Waals surface area contributed by atoms with Crippen LogP contribution in [0.15, 0.2) is 28.7 Å². The molecule has 1 fully saturated rings. The summed E-state index contributed by atoms with van der Waals surface area (Å²) in [6, 6.07) is 7.44. The van der Waals surface area contributed by atoms with Crippen LogP contribution in [0.25, 0.3) is 0 Å². The molecule has 0 N–H and O–H groups in total. The predicted molar refractivity (Wildman–Crippen MR) is 77.5 cm³/mol. The van der Waals surface area contributed by atoms with E-state index < -0.39 is 0 Å². The average Bonchev–Trinajstić information content (AvgIpc) is 2.45. The Balaban J connectivity index is 1.85. The molecule has 0 amide bonds. The number of hydrogen-bond donors (Lipinski definition) is 0. The third-order valence-electron chi connectivity index (χ3n) is 3.54. The number of rotatable bonds is 5. The van der Waals surface area contributed by atoms with Crippen LogP contribution in [0.2, 0.25) is 0 Å². The molecule has 0 bridgehead atoms. The van der Waals surface area contributed by atoms with Gasteiger partial charge in [0.15, 0.2) is 5.78 Å². The van der Waals surface area contributed by atoms with Crippen LogP contribution in [0.3, 0.4) is 0 Å². The van der Waals surface area contributed by atoms with Gasteiger partial charge in [-0.25, -0.2) is 0 Å². The highest BCUT2D eigenvalue weighted by Crippen LogP contribution is 2.23. The quantitative estimate of drug-likeness (QED) is 0.775. The molecular formula is C15H19BrO3. The van der Waals surface area contributed by atoms with Crippen LogP contribution in [0.4, 0.5) is 0 Å². The minimum Gasteiger partial charge on any atom is -0.381 e. The van der Waals surface area contributed by atoms with E-state index in [-0.39, 0.29) is 24.6 Å². The van der Waals surface area contributed by atoms with Crippen LogP contribution in [-0.2, 0) is 9.47 Å². The van der Waals surface area contributed by atoms with Crippen molar-refractivity contribution in [3.8, 4) is 0 Å². The number of carbonyl (C=O) groups is 1. The number of Topliss-reactive ketones (excluding diaryl/α,β-unsaturated/α-hetero) is 1. The highest BCUT2D eigenvalue weighted by atomic mass is 79.9. The van der Waals surface area contributed by atoms with Crippen molar-refractivity contribution >= 4 is 21.7 Å². The summed E-state index contributed by atoms with van der Waals surface area (Å²) in [7, 11) is 1.74.